The second-order valence-corrected chi connectivity index (χ2v) is 9.74. The fraction of sp³-hybridized carbons (Fsp3) is 0.562. The molecule has 1 atom stereocenters. The van der Waals surface area contributed by atoms with Crippen molar-refractivity contribution in [2.75, 3.05) is 0 Å². The van der Waals surface area contributed by atoms with Gasteiger partial charge < -0.3 is 0 Å². The van der Waals surface area contributed by atoms with Gasteiger partial charge in [-0.15, -0.1) is 0 Å². The van der Waals surface area contributed by atoms with Crippen LogP contribution in [0.5, 0.6) is 0 Å². The molecule has 0 saturated heterocycles. The third-order valence-electron chi connectivity index (χ3n) is 6.80. The summed E-state index contributed by atoms with van der Waals surface area (Å²) in [6, 6.07) is 18.7. The summed E-state index contributed by atoms with van der Waals surface area (Å²) in [5.41, 5.74) is 1.42. The van der Waals surface area contributed by atoms with E-state index in [1.54, 1.807) is 12.1 Å². The van der Waals surface area contributed by atoms with Gasteiger partial charge in [-0.2, -0.15) is 0 Å². The summed E-state index contributed by atoms with van der Waals surface area (Å²) in [4.78, 5) is 26.2. The zero-order chi connectivity index (χ0) is 24.3. The van der Waals surface area contributed by atoms with Crippen LogP contribution in [0, 0.1) is 0 Å². The Labute approximate surface area is 208 Å². The van der Waals surface area contributed by atoms with Crippen LogP contribution in [0.2, 0.25) is 0 Å². The molecule has 0 aromatic heterocycles. The summed E-state index contributed by atoms with van der Waals surface area (Å²) in [5, 5.41) is 0. The summed E-state index contributed by atoms with van der Waals surface area (Å²) in [7, 11) is 0. The van der Waals surface area contributed by atoms with Crippen molar-refractivity contribution in [3.63, 3.8) is 0 Å². The zero-order valence-corrected chi connectivity index (χ0v) is 21.5. The van der Waals surface area contributed by atoms with Crippen LogP contribution in [0.3, 0.4) is 0 Å². The van der Waals surface area contributed by atoms with Gasteiger partial charge in [0.15, 0.2) is 5.78 Å². The van der Waals surface area contributed by atoms with Crippen LogP contribution in [0.15, 0.2) is 60.7 Å². The van der Waals surface area contributed by atoms with Crippen molar-refractivity contribution in [1.29, 1.82) is 0 Å². The monoisotopic (exact) mass is 462 g/mol. The molecule has 0 fully saturated rings. The maximum Gasteiger partial charge on any atom is 0.177 e. The average Bonchev–Trinajstić information content (AvgIpc) is 2.87. The predicted octanol–water partition coefficient (Wildman–Crippen LogP) is 9.48. The van der Waals surface area contributed by atoms with Crippen LogP contribution in [0.1, 0.15) is 131 Å². The summed E-state index contributed by atoms with van der Waals surface area (Å²) in [6.45, 7) is 2.27. The molecule has 2 aromatic carbocycles. The summed E-state index contributed by atoms with van der Waals surface area (Å²) in [5.74, 6) is -0.720. The topological polar surface area (TPSA) is 34.1 Å². The minimum atomic E-state index is -0.685. The van der Waals surface area contributed by atoms with Crippen LogP contribution < -0.4 is 0 Å². The molecule has 0 bridgehead atoms. The Morgan fingerprint density at radius 2 is 0.971 bits per heavy atom. The third kappa shape index (κ3) is 11.3. The van der Waals surface area contributed by atoms with E-state index in [2.05, 4.69) is 6.92 Å². The quantitative estimate of drug-likeness (QED) is 0.111. The van der Waals surface area contributed by atoms with E-state index in [4.69, 9.17) is 0 Å². The normalized spacial score (nSPS) is 11.9. The van der Waals surface area contributed by atoms with Crippen molar-refractivity contribution >= 4 is 11.6 Å². The summed E-state index contributed by atoms with van der Waals surface area (Å²) >= 11 is 0. The van der Waals surface area contributed by atoms with Crippen molar-refractivity contribution in [2.45, 2.75) is 116 Å². The van der Waals surface area contributed by atoms with Crippen LogP contribution in [0.25, 0.3) is 0 Å². The molecule has 186 valence electrons. The fourth-order valence-corrected chi connectivity index (χ4v) is 4.71. The largest absolute Gasteiger partial charge is 0.299 e. The molecule has 2 nitrogen and oxygen atoms in total. The van der Waals surface area contributed by atoms with E-state index in [0.717, 1.165) is 18.4 Å². The summed E-state index contributed by atoms with van der Waals surface area (Å²) in [6.07, 6.45) is 20.1. The SMILES string of the molecule is CCCCCCCCCCCCCCCCCC(=O)C(C(=O)c1ccccc1)c1ccccc1. The van der Waals surface area contributed by atoms with E-state index in [9.17, 15) is 9.59 Å². The summed E-state index contributed by atoms with van der Waals surface area (Å²) < 4.78 is 0. The Morgan fingerprint density at radius 1 is 0.559 bits per heavy atom. The molecular formula is C32H46O2. The Hall–Kier alpha value is -2.22. The van der Waals surface area contributed by atoms with E-state index >= 15 is 0 Å². The number of hydrogen-bond acceptors (Lipinski definition) is 2. The Morgan fingerprint density at radius 3 is 1.44 bits per heavy atom. The second kappa shape index (κ2) is 18.2. The molecule has 2 aromatic rings. The first-order valence-corrected chi connectivity index (χ1v) is 13.9. The highest BCUT2D eigenvalue weighted by atomic mass is 16.1. The van der Waals surface area contributed by atoms with Gasteiger partial charge in [0.1, 0.15) is 11.7 Å². The highest BCUT2D eigenvalue weighted by Gasteiger charge is 2.28. The van der Waals surface area contributed by atoms with Crippen molar-refractivity contribution in [3.05, 3.63) is 71.8 Å². The second-order valence-electron chi connectivity index (χ2n) is 9.74. The van der Waals surface area contributed by atoms with Crippen molar-refractivity contribution in [3.8, 4) is 0 Å². The Kier molecular flexibility index (Phi) is 15.0. The van der Waals surface area contributed by atoms with Crippen LogP contribution >= 0.6 is 0 Å². The van der Waals surface area contributed by atoms with Crippen molar-refractivity contribution in [1.82, 2.24) is 0 Å². The van der Waals surface area contributed by atoms with E-state index in [0.29, 0.717) is 12.0 Å². The molecular weight excluding hydrogens is 416 g/mol. The van der Waals surface area contributed by atoms with E-state index in [-0.39, 0.29) is 11.6 Å². The molecule has 34 heavy (non-hydrogen) atoms. The molecule has 0 amide bonds. The molecule has 0 aliphatic rings. The van der Waals surface area contributed by atoms with Gasteiger partial charge >= 0.3 is 0 Å². The molecule has 0 spiro atoms. The Balaban J connectivity index is 1.59. The highest BCUT2D eigenvalue weighted by molar-refractivity contribution is 6.14. The van der Waals surface area contributed by atoms with Gasteiger partial charge in [0.2, 0.25) is 0 Å². The predicted molar refractivity (Wildman–Crippen MR) is 145 cm³/mol. The number of ketones is 2. The Bertz CT molecular complexity index is 781. The molecule has 1 unspecified atom stereocenters. The van der Waals surface area contributed by atoms with Gasteiger partial charge in [0.25, 0.3) is 0 Å². The van der Waals surface area contributed by atoms with Gasteiger partial charge in [0, 0.05) is 12.0 Å². The first kappa shape index (κ1) is 28.0. The molecule has 2 rings (SSSR count). The number of carbonyl (C=O) groups excluding carboxylic acids is 2. The first-order valence-electron chi connectivity index (χ1n) is 13.9. The molecule has 0 N–H and O–H groups in total. The lowest BCUT2D eigenvalue weighted by atomic mass is 9.85. The molecule has 0 aliphatic carbocycles. The lowest BCUT2D eigenvalue weighted by molar-refractivity contribution is -0.119. The number of carbonyl (C=O) groups is 2. The van der Waals surface area contributed by atoms with Gasteiger partial charge in [-0.1, -0.05) is 157 Å². The van der Waals surface area contributed by atoms with Crippen LogP contribution in [0.4, 0.5) is 0 Å². The molecule has 0 aliphatic heterocycles. The fourth-order valence-electron chi connectivity index (χ4n) is 4.71. The highest BCUT2D eigenvalue weighted by Crippen LogP contribution is 2.25. The van der Waals surface area contributed by atoms with Crippen molar-refractivity contribution in [2.24, 2.45) is 0 Å². The molecule has 2 heteroatoms. The third-order valence-corrected chi connectivity index (χ3v) is 6.80. The van der Waals surface area contributed by atoms with Gasteiger partial charge in [-0.25, -0.2) is 0 Å². The number of hydrogen-bond donors (Lipinski definition) is 0. The van der Waals surface area contributed by atoms with Gasteiger partial charge in [0.05, 0.1) is 0 Å². The van der Waals surface area contributed by atoms with E-state index in [1.807, 2.05) is 48.5 Å². The number of Topliss-reactive ketones (excluding diaryl/α,β-unsaturated/α-hetero) is 2. The van der Waals surface area contributed by atoms with E-state index < -0.39 is 5.92 Å². The number of rotatable bonds is 20. The van der Waals surface area contributed by atoms with Crippen LogP contribution in [-0.2, 0) is 4.79 Å². The number of benzene rings is 2. The minimum absolute atomic E-state index is 0.0507. The molecule has 0 radical (unpaired) electrons. The average molecular weight is 463 g/mol. The maximum atomic E-state index is 13.1. The molecule has 0 heterocycles. The minimum Gasteiger partial charge on any atom is -0.299 e. The van der Waals surface area contributed by atoms with Crippen molar-refractivity contribution < 1.29 is 9.59 Å². The smallest absolute Gasteiger partial charge is 0.177 e. The number of unbranched alkanes of at least 4 members (excludes halogenated alkanes) is 14. The van der Waals surface area contributed by atoms with Gasteiger partial charge in [-0.3, -0.25) is 9.59 Å². The molecule has 0 saturated carbocycles. The van der Waals surface area contributed by atoms with Crippen LogP contribution in [-0.4, -0.2) is 11.6 Å². The zero-order valence-electron chi connectivity index (χ0n) is 21.5. The maximum absolute atomic E-state index is 13.1. The first-order chi connectivity index (χ1) is 16.7. The lowest BCUT2D eigenvalue weighted by Gasteiger charge is -2.15. The standard InChI is InChI=1S/C32H46O2/c1-2-3-4-5-6-7-8-9-10-11-12-13-14-15-22-27-30(33)31(28-23-18-16-19-24-28)32(34)29-25-20-17-21-26-29/h16-21,23-26,31H,2-15,22,27H2,1H3. The van der Waals surface area contributed by atoms with Gasteiger partial charge in [-0.05, 0) is 12.0 Å². The van der Waals surface area contributed by atoms with E-state index in [1.165, 1.54) is 83.5 Å². The lowest BCUT2D eigenvalue weighted by Crippen LogP contribution is -2.22.